The maximum absolute atomic E-state index is 12.1. The zero-order valence-electron chi connectivity index (χ0n) is 13.7. The lowest BCUT2D eigenvalue weighted by Crippen LogP contribution is -2.33. The first-order valence-electron chi connectivity index (χ1n) is 8.25. The normalized spacial score (nSPS) is 17.3. The van der Waals surface area contributed by atoms with Gasteiger partial charge < -0.3 is 14.2 Å². The Labute approximate surface area is 137 Å². The summed E-state index contributed by atoms with van der Waals surface area (Å²) in [4.78, 5) is 25.6. The van der Waals surface area contributed by atoms with Crippen LogP contribution in [0.5, 0.6) is 0 Å². The highest BCUT2D eigenvalue weighted by atomic mass is 16.5. The molecular weight excluding hydrogens is 298 g/mol. The molecule has 0 aromatic rings. The minimum absolute atomic E-state index is 0.200. The number of hydrogen-bond donors (Lipinski definition) is 0. The van der Waals surface area contributed by atoms with Gasteiger partial charge in [0.2, 0.25) is 0 Å². The number of allylic oxidation sites excluding steroid dienone is 2. The number of likely N-dealkylation sites (tertiary alicyclic amines) is 1. The third kappa shape index (κ3) is 4.99. The van der Waals surface area contributed by atoms with Crippen LogP contribution in [0, 0.1) is 0 Å². The summed E-state index contributed by atoms with van der Waals surface area (Å²) >= 11 is 0. The van der Waals surface area contributed by atoms with E-state index in [9.17, 15) is 9.59 Å². The van der Waals surface area contributed by atoms with Crippen molar-refractivity contribution in [2.45, 2.75) is 26.2 Å². The molecule has 1 saturated heterocycles. The monoisotopic (exact) mass is 323 g/mol. The van der Waals surface area contributed by atoms with E-state index in [1.807, 2.05) is 12.2 Å². The van der Waals surface area contributed by atoms with Gasteiger partial charge in [0.05, 0.1) is 39.6 Å². The van der Waals surface area contributed by atoms with Gasteiger partial charge in [-0.2, -0.15) is 0 Å². The molecule has 0 bridgehead atoms. The molecule has 2 amide bonds. The lowest BCUT2D eigenvalue weighted by atomic mass is 10.0. The molecule has 1 fully saturated rings. The van der Waals surface area contributed by atoms with Crippen LogP contribution in [0.4, 0.5) is 0 Å². The zero-order chi connectivity index (χ0) is 16.5. The van der Waals surface area contributed by atoms with Gasteiger partial charge in [-0.3, -0.25) is 14.5 Å². The molecule has 0 aromatic carbocycles. The molecule has 6 nitrogen and oxygen atoms in total. The second-order valence-corrected chi connectivity index (χ2v) is 5.41. The van der Waals surface area contributed by atoms with Gasteiger partial charge >= 0.3 is 0 Å². The molecule has 6 heteroatoms. The van der Waals surface area contributed by atoms with Crippen molar-refractivity contribution in [1.29, 1.82) is 0 Å². The maximum atomic E-state index is 12.1. The number of carbonyl (C=O) groups is 2. The molecule has 0 saturated carbocycles. The minimum Gasteiger partial charge on any atom is -0.379 e. The first kappa shape index (κ1) is 17.8. The third-order valence-electron chi connectivity index (χ3n) is 3.66. The number of hydrogen-bond acceptors (Lipinski definition) is 5. The van der Waals surface area contributed by atoms with Gasteiger partial charge in [0.25, 0.3) is 11.8 Å². The predicted molar refractivity (Wildman–Crippen MR) is 84.9 cm³/mol. The second kappa shape index (κ2) is 9.60. The molecule has 0 aromatic heterocycles. The predicted octanol–water partition coefficient (Wildman–Crippen LogP) is 1.46. The van der Waals surface area contributed by atoms with E-state index in [0.29, 0.717) is 44.2 Å². The highest BCUT2D eigenvalue weighted by molar-refractivity contribution is 6.24. The van der Waals surface area contributed by atoms with Crippen molar-refractivity contribution in [3.05, 3.63) is 23.3 Å². The molecule has 0 unspecified atom stereocenters. The molecular formula is C17H25NO5. The third-order valence-corrected chi connectivity index (χ3v) is 3.66. The molecule has 1 heterocycles. The fourth-order valence-electron chi connectivity index (χ4n) is 2.51. The molecule has 23 heavy (non-hydrogen) atoms. The number of fused-ring (bicyclic) bond motifs is 1. The molecule has 0 N–H and O–H groups in total. The standard InChI is InChI=1S/C17H25NO5/c1-2-8-21-10-12-23-13-11-22-9-7-18-16(19)14-5-3-4-6-15(14)17(18)20/h5-6H,2-4,7-13H2,1H3. The number of imide groups is 1. The number of ether oxygens (including phenoxy) is 3. The number of nitrogens with zero attached hydrogens (tertiary/aromatic N) is 1. The summed E-state index contributed by atoms with van der Waals surface area (Å²) in [6, 6.07) is 0. The summed E-state index contributed by atoms with van der Waals surface area (Å²) < 4.78 is 16.1. The van der Waals surface area contributed by atoms with Crippen LogP contribution in [-0.2, 0) is 23.8 Å². The lowest BCUT2D eigenvalue weighted by molar-refractivity contribution is -0.137. The molecule has 128 valence electrons. The second-order valence-electron chi connectivity index (χ2n) is 5.41. The van der Waals surface area contributed by atoms with Crippen LogP contribution >= 0.6 is 0 Å². The van der Waals surface area contributed by atoms with Gasteiger partial charge in [0.1, 0.15) is 0 Å². The summed E-state index contributed by atoms with van der Waals surface area (Å²) in [6.45, 7) is 5.49. The van der Waals surface area contributed by atoms with E-state index in [2.05, 4.69) is 6.92 Å². The van der Waals surface area contributed by atoms with Crippen LogP contribution in [0.2, 0.25) is 0 Å². The van der Waals surface area contributed by atoms with Crippen LogP contribution in [-0.4, -0.2) is 62.9 Å². The zero-order valence-corrected chi connectivity index (χ0v) is 13.7. The highest BCUT2D eigenvalue weighted by Crippen LogP contribution is 2.29. The van der Waals surface area contributed by atoms with Crippen molar-refractivity contribution in [3.8, 4) is 0 Å². The van der Waals surface area contributed by atoms with Gasteiger partial charge in [-0.15, -0.1) is 0 Å². The summed E-state index contributed by atoms with van der Waals surface area (Å²) in [6.07, 6.45) is 6.35. The summed E-state index contributed by atoms with van der Waals surface area (Å²) in [5.41, 5.74) is 1.10. The molecule has 2 rings (SSSR count). The van der Waals surface area contributed by atoms with E-state index in [0.717, 1.165) is 25.9 Å². The van der Waals surface area contributed by atoms with Crippen molar-refractivity contribution >= 4 is 11.8 Å². The van der Waals surface area contributed by atoms with E-state index < -0.39 is 0 Å². The van der Waals surface area contributed by atoms with Crippen LogP contribution < -0.4 is 0 Å². The molecule has 1 aliphatic heterocycles. The number of rotatable bonds is 11. The van der Waals surface area contributed by atoms with Crippen molar-refractivity contribution in [1.82, 2.24) is 4.90 Å². The molecule has 2 aliphatic rings. The number of amides is 2. The van der Waals surface area contributed by atoms with Crippen LogP contribution in [0.3, 0.4) is 0 Å². The van der Waals surface area contributed by atoms with E-state index in [4.69, 9.17) is 14.2 Å². The lowest BCUT2D eigenvalue weighted by Gasteiger charge is -2.13. The Balaban J connectivity index is 1.57. The van der Waals surface area contributed by atoms with Crippen molar-refractivity contribution in [3.63, 3.8) is 0 Å². The number of carbonyl (C=O) groups excluding carboxylic acids is 2. The van der Waals surface area contributed by atoms with E-state index >= 15 is 0 Å². The van der Waals surface area contributed by atoms with E-state index in [-0.39, 0.29) is 18.4 Å². The quantitative estimate of drug-likeness (QED) is 0.425. The van der Waals surface area contributed by atoms with Gasteiger partial charge in [-0.25, -0.2) is 0 Å². The van der Waals surface area contributed by atoms with Gasteiger partial charge in [-0.05, 0) is 19.3 Å². The largest absolute Gasteiger partial charge is 0.379 e. The minimum atomic E-state index is -0.200. The van der Waals surface area contributed by atoms with Crippen molar-refractivity contribution in [2.24, 2.45) is 0 Å². The first-order chi connectivity index (χ1) is 11.3. The summed E-state index contributed by atoms with van der Waals surface area (Å²) in [7, 11) is 0. The molecule has 0 spiro atoms. The van der Waals surface area contributed by atoms with Crippen LogP contribution in [0.1, 0.15) is 26.2 Å². The molecule has 0 radical (unpaired) electrons. The smallest absolute Gasteiger partial charge is 0.261 e. The Morgan fingerprint density at radius 1 is 0.826 bits per heavy atom. The summed E-state index contributed by atoms with van der Waals surface area (Å²) in [5.74, 6) is -0.400. The molecule has 1 aliphatic carbocycles. The SMILES string of the molecule is CCCOCCOCCOCCN1C(=O)C2=CCCC=C2C1=O. The van der Waals surface area contributed by atoms with Crippen molar-refractivity contribution < 1.29 is 23.8 Å². The van der Waals surface area contributed by atoms with E-state index in [1.165, 1.54) is 4.90 Å². The average molecular weight is 323 g/mol. The van der Waals surface area contributed by atoms with Crippen molar-refractivity contribution in [2.75, 3.05) is 46.2 Å². The fraction of sp³-hybridized carbons (Fsp3) is 0.647. The Morgan fingerprint density at radius 3 is 1.83 bits per heavy atom. The Hall–Kier alpha value is -1.50. The topological polar surface area (TPSA) is 65.1 Å². The Morgan fingerprint density at radius 2 is 1.30 bits per heavy atom. The Kier molecular flexibility index (Phi) is 7.45. The first-order valence-corrected chi connectivity index (χ1v) is 8.25. The highest BCUT2D eigenvalue weighted by Gasteiger charge is 2.38. The summed E-state index contributed by atoms with van der Waals surface area (Å²) in [5, 5.41) is 0. The maximum Gasteiger partial charge on any atom is 0.261 e. The van der Waals surface area contributed by atoms with Gasteiger partial charge in [0.15, 0.2) is 0 Å². The van der Waals surface area contributed by atoms with E-state index in [1.54, 1.807) is 0 Å². The molecule has 0 atom stereocenters. The van der Waals surface area contributed by atoms with Crippen LogP contribution in [0.25, 0.3) is 0 Å². The van der Waals surface area contributed by atoms with Crippen LogP contribution in [0.15, 0.2) is 23.3 Å². The Bertz CT molecular complexity index is 451. The van der Waals surface area contributed by atoms with Gasteiger partial charge in [-0.1, -0.05) is 19.1 Å². The fourth-order valence-corrected chi connectivity index (χ4v) is 2.51. The van der Waals surface area contributed by atoms with Gasteiger partial charge in [0, 0.05) is 17.8 Å². The average Bonchev–Trinajstić information content (AvgIpc) is 2.81.